The lowest BCUT2D eigenvalue weighted by Crippen LogP contribution is -2.38. The lowest BCUT2D eigenvalue weighted by atomic mass is 9.99. The van der Waals surface area contributed by atoms with Crippen molar-refractivity contribution in [1.82, 2.24) is 5.09 Å². The molecule has 0 fully saturated rings. The van der Waals surface area contributed by atoms with Crippen molar-refractivity contribution in [2.75, 3.05) is 0 Å². The number of carbonyl (C=O) groups is 1. The van der Waals surface area contributed by atoms with E-state index < -0.39 is 20.0 Å². The second-order valence-corrected chi connectivity index (χ2v) is 6.16. The zero-order valence-electron chi connectivity index (χ0n) is 10.7. The number of aliphatic carboxylic acids is 1. The summed E-state index contributed by atoms with van der Waals surface area (Å²) in [5.74, 6) is -1.41. The van der Waals surface area contributed by atoms with Gasteiger partial charge in [-0.25, -0.2) is 0 Å². The summed E-state index contributed by atoms with van der Waals surface area (Å²) in [5.41, 5.74) is 0. The van der Waals surface area contributed by atoms with Crippen LogP contribution in [0.4, 0.5) is 0 Å². The molecule has 1 atom stereocenters. The van der Waals surface area contributed by atoms with Gasteiger partial charge in [0.1, 0.15) is 7.85 Å². The molecular formula is C14H15BNO2P. The van der Waals surface area contributed by atoms with Crippen LogP contribution < -0.4 is 15.7 Å². The molecule has 0 aliphatic rings. The van der Waals surface area contributed by atoms with E-state index in [1.807, 2.05) is 60.7 Å². The van der Waals surface area contributed by atoms with Gasteiger partial charge in [-0.1, -0.05) is 60.7 Å². The van der Waals surface area contributed by atoms with Crippen LogP contribution in [0.25, 0.3) is 0 Å². The average Bonchev–Trinajstić information content (AvgIpc) is 2.46. The van der Waals surface area contributed by atoms with Gasteiger partial charge in [0.2, 0.25) is 0 Å². The standard InChI is InChI=1S/C14H15BNO2P/c15-13(14(17)18)16-19(11-7-3-1-4-8-11)12-9-5-2-6-10-12/h1-10,13,16H,15H2,(H,17,18). The number of hydrogen-bond donors (Lipinski definition) is 2. The van der Waals surface area contributed by atoms with E-state index in [9.17, 15) is 4.79 Å². The second kappa shape index (κ2) is 6.51. The Kier molecular flexibility index (Phi) is 4.72. The minimum atomic E-state index is -0.854. The molecule has 0 radical (unpaired) electrons. The number of carboxylic acids is 1. The van der Waals surface area contributed by atoms with Gasteiger partial charge in [-0.3, -0.25) is 9.88 Å². The maximum atomic E-state index is 11.0. The zero-order chi connectivity index (χ0) is 13.7. The van der Waals surface area contributed by atoms with Crippen molar-refractivity contribution in [3.63, 3.8) is 0 Å². The summed E-state index contributed by atoms with van der Waals surface area (Å²) >= 11 is 0. The fourth-order valence-electron chi connectivity index (χ4n) is 1.70. The van der Waals surface area contributed by atoms with E-state index in [1.165, 1.54) is 0 Å². The van der Waals surface area contributed by atoms with Crippen LogP contribution in [0.1, 0.15) is 0 Å². The molecule has 19 heavy (non-hydrogen) atoms. The SMILES string of the molecule is BC(NP(c1ccccc1)c1ccccc1)C(=O)O. The van der Waals surface area contributed by atoms with Crippen molar-refractivity contribution < 1.29 is 9.90 Å². The fraction of sp³-hybridized carbons (Fsp3) is 0.0714. The molecule has 0 spiro atoms. The predicted molar refractivity (Wildman–Crippen MR) is 82.2 cm³/mol. The van der Waals surface area contributed by atoms with Crippen LogP contribution in [0.15, 0.2) is 60.7 Å². The quantitative estimate of drug-likeness (QED) is 0.620. The molecule has 2 rings (SSSR count). The van der Waals surface area contributed by atoms with Gasteiger partial charge in [-0.2, -0.15) is 0 Å². The van der Waals surface area contributed by atoms with Gasteiger partial charge in [0, 0.05) is 8.07 Å². The molecule has 0 amide bonds. The Labute approximate surface area is 114 Å². The molecular weight excluding hydrogens is 256 g/mol. The van der Waals surface area contributed by atoms with E-state index in [0.29, 0.717) is 0 Å². The highest BCUT2D eigenvalue weighted by atomic mass is 31.1. The number of carboxylic acid groups (broad SMARTS) is 1. The molecule has 1 unspecified atom stereocenters. The third-order valence-electron chi connectivity index (χ3n) is 2.72. The maximum Gasteiger partial charge on any atom is 0.312 e. The topological polar surface area (TPSA) is 49.3 Å². The van der Waals surface area contributed by atoms with Gasteiger partial charge in [-0.15, -0.1) is 0 Å². The van der Waals surface area contributed by atoms with Crippen LogP contribution in [-0.4, -0.2) is 24.9 Å². The minimum Gasteiger partial charge on any atom is -0.481 e. The Bertz CT molecular complexity index is 496. The first-order valence-electron chi connectivity index (χ1n) is 6.07. The van der Waals surface area contributed by atoms with Crippen LogP contribution in [0, 0.1) is 0 Å². The summed E-state index contributed by atoms with van der Waals surface area (Å²) in [5, 5.41) is 14.5. The van der Waals surface area contributed by atoms with E-state index in [-0.39, 0.29) is 0 Å². The summed E-state index contributed by atoms with van der Waals surface area (Å²) in [6.45, 7) is 0. The highest BCUT2D eigenvalue weighted by molar-refractivity contribution is 7.71. The Morgan fingerprint density at radius 3 is 1.79 bits per heavy atom. The molecule has 0 saturated heterocycles. The third kappa shape index (κ3) is 3.66. The van der Waals surface area contributed by atoms with Gasteiger partial charge in [0.15, 0.2) is 0 Å². The van der Waals surface area contributed by atoms with Gasteiger partial charge in [0.05, 0.1) is 5.94 Å². The van der Waals surface area contributed by atoms with Crippen molar-refractivity contribution in [1.29, 1.82) is 0 Å². The largest absolute Gasteiger partial charge is 0.481 e. The first-order valence-corrected chi connectivity index (χ1v) is 7.42. The predicted octanol–water partition coefficient (Wildman–Crippen LogP) is 0.668. The minimum absolute atomic E-state index is 0.577. The highest BCUT2D eigenvalue weighted by Crippen LogP contribution is 2.28. The third-order valence-corrected chi connectivity index (χ3v) is 5.00. The van der Waals surface area contributed by atoms with Crippen LogP contribution in [0.2, 0.25) is 0 Å². The highest BCUT2D eigenvalue weighted by Gasteiger charge is 2.19. The van der Waals surface area contributed by atoms with E-state index in [0.717, 1.165) is 10.6 Å². The Morgan fingerprint density at radius 2 is 1.42 bits per heavy atom. The van der Waals surface area contributed by atoms with E-state index in [4.69, 9.17) is 5.11 Å². The lowest BCUT2D eigenvalue weighted by molar-refractivity contribution is -0.136. The number of nitrogens with one attached hydrogen (secondary N) is 1. The van der Waals surface area contributed by atoms with Gasteiger partial charge >= 0.3 is 5.97 Å². The van der Waals surface area contributed by atoms with Crippen LogP contribution >= 0.6 is 8.07 Å². The summed E-state index contributed by atoms with van der Waals surface area (Å²) in [6.07, 6.45) is 0. The molecule has 96 valence electrons. The van der Waals surface area contributed by atoms with Crippen molar-refractivity contribution in [2.45, 2.75) is 5.94 Å². The molecule has 0 saturated carbocycles. The molecule has 0 aliphatic heterocycles. The average molecular weight is 271 g/mol. The van der Waals surface area contributed by atoms with Crippen molar-refractivity contribution in [3.05, 3.63) is 60.7 Å². The zero-order valence-corrected chi connectivity index (χ0v) is 11.5. The van der Waals surface area contributed by atoms with Crippen molar-refractivity contribution in [2.24, 2.45) is 0 Å². The van der Waals surface area contributed by atoms with Crippen LogP contribution in [0.5, 0.6) is 0 Å². The Balaban J connectivity index is 2.32. The smallest absolute Gasteiger partial charge is 0.312 e. The summed E-state index contributed by atoms with van der Waals surface area (Å²) in [7, 11) is 0.817. The summed E-state index contributed by atoms with van der Waals surface area (Å²) in [6, 6.07) is 19.9. The summed E-state index contributed by atoms with van der Waals surface area (Å²) in [4.78, 5) is 11.0. The van der Waals surface area contributed by atoms with Crippen molar-refractivity contribution in [3.8, 4) is 0 Å². The monoisotopic (exact) mass is 271 g/mol. The Morgan fingerprint density at radius 1 is 1.00 bits per heavy atom. The number of benzene rings is 2. The molecule has 2 N–H and O–H groups in total. The molecule has 0 aliphatic carbocycles. The first kappa shape index (κ1) is 13.8. The normalized spacial score (nSPS) is 12.3. The van der Waals surface area contributed by atoms with Gasteiger partial charge in [-0.05, 0) is 10.6 Å². The molecule has 0 bridgehead atoms. The van der Waals surface area contributed by atoms with E-state index in [2.05, 4.69) is 5.09 Å². The van der Waals surface area contributed by atoms with Gasteiger partial charge in [0.25, 0.3) is 0 Å². The fourth-order valence-corrected chi connectivity index (χ4v) is 3.74. The molecule has 2 aromatic rings. The molecule has 0 aromatic heterocycles. The molecule has 2 aromatic carbocycles. The lowest BCUT2D eigenvalue weighted by Gasteiger charge is -2.22. The van der Waals surface area contributed by atoms with Crippen LogP contribution in [-0.2, 0) is 4.79 Å². The molecule has 0 heterocycles. The molecule has 3 nitrogen and oxygen atoms in total. The van der Waals surface area contributed by atoms with E-state index >= 15 is 0 Å². The number of rotatable bonds is 5. The van der Waals surface area contributed by atoms with Gasteiger partial charge < -0.3 is 5.11 Å². The summed E-state index contributed by atoms with van der Waals surface area (Å²) < 4.78 is 0. The van der Waals surface area contributed by atoms with E-state index in [1.54, 1.807) is 7.85 Å². The molecule has 5 heteroatoms. The van der Waals surface area contributed by atoms with Crippen LogP contribution in [0.3, 0.4) is 0 Å². The Hall–Kier alpha value is -1.64. The van der Waals surface area contributed by atoms with Crippen molar-refractivity contribution >= 4 is 32.5 Å². The first-order chi connectivity index (χ1) is 9.18. The number of hydrogen-bond acceptors (Lipinski definition) is 2. The second-order valence-electron chi connectivity index (χ2n) is 4.20. The maximum absolute atomic E-state index is 11.0.